The molecule has 0 saturated carbocycles. The van der Waals surface area contributed by atoms with Crippen LogP contribution < -0.4 is 0 Å². The largest absolute Gasteiger partial charge is 0.389 e. The number of nitrogens with zero attached hydrogens (tertiary/aromatic N) is 1. The molecule has 1 aliphatic rings. The van der Waals surface area contributed by atoms with Crippen molar-refractivity contribution in [3.63, 3.8) is 0 Å². The fourth-order valence-electron chi connectivity index (χ4n) is 3.12. The second-order valence-corrected chi connectivity index (χ2v) is 6.15. The van der Waals surface area contributed by atoms with Gasteiger partial charge in [0.25, 0.3) is 0 Å². The Kier molecular flexibility index (Phi) is 4.37. The van der Waals surface area contributed by atoms with Crippen molar-refractivity contribution in [2.45, 2.75) is 31.4 Å². The first kappa shape index (κ1) is 14.3. The molecule has 2 nitrogen and oxygen atoms in total. The minimum atomic E-state index is -0.533. The van der Waals surface area contributed by atoms with Crippen LogP contribution in [0.15, 0.2) is 60.7 Å². The molecule has 0 atom stereocenters. The van der Waals surface area contributed by atoms with Crippen molar-refractivity contribution in [1.82, 2.24) is 4.90 Å². The predicted molar refractivity (Wildman–Crippen MR) is 86.0 cm³/mol. The predicted octanol–water partition coefficient (Wildman–Crippen LogP) is 3.26. The number of hydrogen-bond acceptors (Lipinski definition) is 2. The second kappa shape index (κ2) is 6.42. The number of aliphatic hydroxyl groups is 1. The van der Waals surface area contributed by atoms with E-state index in [0.717, 1.165) is 38.9 Å². The summed E-state index contributed by atoms with van der Waals surface area (Å²) >= 11 is 0. The fraction of sp³-hybridized carbons (Fsp3) is 0.368. The van der Waals surface area contributed by atoms with Crippen molar-refractivity contribution >= 4 is 0 Å². The zero-order valence-electron chi connectivity index (χ0n) is 12.4. The summed E-state index contributed by atoms with van der Waals surface area (Å²) in [4.78, 5) is 2.44. The lowest BCUT2D eigenvalue weighted by Gasteiger charge is -2.38. The second-order valence-electron chi connectivity index (χ2n) is 6.15. The average Bonchev–Trinajstić information content (AvgIpc) is 2.52. The highest BCUT2D eigenvalue weighted by atomic mass is 16.3. The van der Waals surface area contributed by atoms with Gasteiger partial charge in [-0.25, -0.2) is 0 Å². The molecule has 0 amide bonds. The third kappa shape index (κ3) is 3.93. The average molecular weight is 281 g/mol. The molecular formula is C19H23NO. The van der Waals surface area contributed by atoms with Crippen LogP contribution in [-0.4, -0.2) is 28.7 Å². The molecule has 0 spiro atoms. The summed E-state index contributed by atoms with van der Waals surface area (Å²) in [5.74, 6) is 0. The van der Waals surface area contributed by atoms with Crippen molar-refractivity contribution in [2.24, 2.45) is 0 Å². The SMILES string of the molecule is OC1(Cc2ccccc2)CCN(Cc2ccccc2)CC1. The summed E-state index contributed by atoms with van der Waals surface area (Å²) < 4.78 is 0. The van der Waals surface area contributed by atoms with Crippen LogP contribution in [0, 0.1) is 0 Å². The fourth-order valence-corrected chi connectivity index (χ4v) is 3.12. The smallest absolute Gasteiger partial charge is 0.0712 e. The van der Waals surface area contributed by atoms with Crippen LogP contribution >= 0.6 is 0 Å². The summed E-state index contributed by atoms with van der Waals surface area (Å²) in [6.45, 7) is 2.93. The summed E-state index contributed by atoms with van der Waals surface area (Å²) in [6, 6.07) is 20.9. The van der Waals surface area contributed by atoms with E-state index in [1.165, 1.54) is 11.1 Å². The molecule has 2 heteroatoms. The molecule has 0 aromatic heterocycles. The molecular weight excluding hydrogens is 258 g/mol. The summed E-state index contributed by atoms with van der Waals surface area (Å²) in [5, 5.41) is 10.8. The molecule has 1 N–H and O–H groups in total. The van der Waals surface area contributed by atoms with Crippen LogP contribution in [0.3, 0.4) is 0 Å². The first-order valence-corrected chi connectivity index (χ1v) is 7.76. The van der Waals surface area contributed by atoms with E-state index in [2.05, 4.69) is 47.4 Å². The lowest BCUT2D eigenvalue weighted by molar-refractivity contribution is -0.0224. The van der Waals surface area contributed by atoms with Crippen molar-refractivity contribution < 1.29 is 5.11 Å². The van der Waals surface area contributed by atoms with Crippen molar-refractivity contribution in [1.29, 1.82) is 0 Å². The van der Waals surface area contributed by atoms with E-state index in [1.807, 2.05) is 18.2 Å². The van der Waals surface area contributed by atoms with Gasteiger partial charge in [0.15, 0.2) is 0 Å². The van der Waals surface area contributed by atoms with Crippen LogP contribution in [-0.2, 0) is 13.0 Å². The zero-order chi connectivity index (χ0) is 14.5. The Morgan fingerprint density at radius 1 is 0.810 bits per heavy atom. The van der Waals surface area contributed by atoms with Gasteiger partial charge in [-0.2, -0.15) is 0 Å². The summed E-state index contributed by atoms with van der Waals surface area (Å²) in [7, 11) is 0. The van der Waals surface area contributed by atoms with Gasteiger partial charge in [0.2, 0.25) is 0 Å². The van der Waals surface area contributed by atoms with Crippen molar-refractivity contribution in [3.05, 3.63) is 71.8 Å². The van der Waals surface area contributed by atoms with Gasteiger partial charge >= 0.3 is 0 Å². The maximum absolute atomic E-state index is 10.8. The molecule has 2 aromatic carbocycles. The summed E-state index contributed by atoms with van der Waals surface area (Å²) in [5.41, 5.74) is 2.05. The Hall–Kier alpha value is -1.64. The lowest BCUT2D eigenvalue weighted by atomic mass is 9.85. The van der Waals surface area contributed by atoms with Crippen molar-refractivity contribution in [3.8, 4) is 0 Å². The van der Waals surface area contributed by atoms with E-state index < -0.39 is 5.60 Å². The Morgan fingerprint density at radius 3 is 1.90 bits per heavy atom. The van der Waals surface area contributed by atoms with Gasteiger partial charge < -0.3 is 5.11 Å². The molecule has 110 valence electrons. The van der Waals surface area contributed by atoms with Crippen LogP contribution in [0.4, 0.5) is 0 Å². The van der Waals surface area contributed by atoms with Crippen LogP contribution in [0.2, 0.25) is 0 Å². The first-order chi connectivity index (χ1) is 10.2. The Balaban J connectivity index is 1.54. The van der Waals surface area contributed by atoms with Crippen LogP contribution in [0.1, 0.15) is 24.0 Å². The van der Waals surface area contributed by atoms with E-state index >= 15 is 0 Å². The minimum Gasteiger partial charge on any atom is -0.389 e. The molecule has 3 rings (SSSR count). The maximum Gasteiger partial charge on any atom is 0.0712 e. The highest BCUT2D eigenvalue weighted by Crippen LogP contribution is 2.27. The molecule has 0 bridgehead atoms. The van der Waals surface area contributed by atoms with Gasteiger partial charge in [-0.1, -0.05) is 60.7 Å². The Labute approximate surface area is 127 Å². The number of piperidine rings is 1. The molecule has 1 fully saturated rings. The van der Waals surface area contributed by atoms with E-state index in [0.29, 0.717) is 0 Å². The monoisotopic (exact) mass is 281 g/mol. The van der Waals surface area contributed by atoms with Gasteiger partial charge in [0.05, 0.1) is 5.60 Å². The minimum absolute atomic E-state index is 0.533. The molecule has 1 aliphatic heterocycles. The Bertz CT molecular complexity index is 544. The normalized spacial score (nSPS) is 18.5. The van der Waals surface area contributed by atoms with Gasteiger partial charge in [-0.3, -0.25) is 4.90 Å². The molecule has 1 heterocycles. The Morgan fingerprint density at radius 2 is 1.33 bits per heavy atom. The van der Waals surface area contributed by atoms with Gasteiger partial charge in [-0.15, -0.1) is 0 Å². The summed E-state index contributed by atoms with van der Waals surface area (Å²) in [6.07, 6.45) is 2.48. The molecule has 2 aromatic rings. The van der Waals surface area contributed by atoms with Gasteiger partial charge in [0, 0.05) is 26.1 Å². The number of benzene rings is 2. The molecule has 1 saturated heterocycles. The highest BCUT2D eigenvalue weighted by Gasteiger charge is 2.32. The molecule has 0 unspecified atom stereocenters. The topological polar surface area (TPSA) is 23.5 Å². The molecule has 0 radical (unpaired) electrons. The van der Waals surface area contributed by atoms with Gasteiger partial charge in [0.1, 0.15) is 0 Å². The standard InChI is InChI=1S/C19H23NO/c21-19(15-17-7-3-1-4-8-17)11-13-20(14-12-19)16-18-9-5-2-6-10-18/h1-10,21H,11-16H2. The third-order valence-corrected chi connectivity index (χ3v) is 4.41. The maximum atomic E-state index is 10.8. The number of hydrogen-bond donors (Lipinski definition) is 1. The molecule has 21 heavy (non-hydrogen) atoms. The number of likely N-dealkylation sites (tertiary alicyclic amines) is 1. The quantitative estimate of drug-likeness (QED) is 0.930. The zero-order valence-corrected chi connectivity index (χ0v) is 12.4. The van der Waals surface area contributed by atoms with Crippen LogP contribution in [0.5, 0.6) is 0 Å². The highest BCUT2D eigenvalue weighted by molar-refractivity contribution is 5.18. The van der Waals surface area contributed by atoms with Crippen molar-refractivity contribution in [2.75, 3.05) is 13.1 Å². The molecule has 0 aliphatic carbocycles. The first-order valence-electron chi connectivity index (χ1n) is 7.76. The third-order valence-electron chi connectivity index (χ3n) is 4.41. The van der Waals surface area contributed by atoms with E-state index in [1.54, 1.807) is 0 Å². The van der Waals surface area contributed by atoms with E-state index in [9.17, 15) is 5.11 Å². The van der Waals surface area contributed by atoms with Gasteiger partial charge in [-0.05, 0) is 24.0 Å². The number of rotatable bonds is 4. The van der Waals surface area contributed by atoms with E-state index in [4.69, 9.17) is 0 Å². The van der Waals surface area contributed by atoms with E-state index in [-0.39, 0.29) is 0 Å². The van der Waals surface area contributed by atoms with Crippen LogP contribution in [0.25, 0.3) is 0 Å². The lowest BCUT2D eigenvalue weighted by Crippen LogP contribution is -2.45.